The van der Waals surface area contributed by atoms with Gasteiger partial charge in [0.05, 0.1) is 17.4 Å². The molecule has 1 heterocycles. The third-order valence-corrected chi connectivity index (χ3v) is 3.72. The highest BCUT2D eigenvalue weighted by Gasteiger charge is 2.13. The number of amides is 1. The predicted molar refractivity (Wildman–Crippen MR) is 77.7 cm³/mol. The summed E-state index contributed by atoms with van der Waals surface area (Å²) in [6.45, 7) is 2.62. The maximum Gasteiger partial charge on any atom is 0.258 e. The normalized spacial score (nSPS) is 10.5. The lowest BCUT2D eigenvalue weighted by molar-refractivity contribution is 0.102. The zero-order chi connectivity index (χ0) is 14.0. The van der Waals surface area contributed by atoms with Crippen molar-refractivity contribution < 1.29 is 9.18 Å². The minimum Gasteiger partial charge on any atom is -0.320 e. The van der Waals surface area contributed by atoms with E-state index >= 15 is 0 Å². The van der Waals surface area contributed by atoms with Crippen LogP contribution < -0.4 is 5.32 Å². The lowest BCUT2D eigenvalue weighted by Crippen LogP contribution is -2.12. The molecule has 0 bridgehead atoms. The zero-order valence-corrected chi connectivity index (χ0v) is 13.1. The van der Waals surface area contributed by atoms with Crippen molar-refractivity contribution in [3.05, 3.63) is 44.9 Å². The summed E-state index contributed by atoms with van der Waals surface area (Å²) < 4.78 is 15.7. The fraction of sp³-hybridized carbons (Fsp3) is 0.167. The molecule has 0 aliphatic rings. The lowest BCUT2D eigenvalue weighted by atomic mass is 10.3. The molecule has 7 heteroatoms. The Hall–Kier alpha value is -1.21. The fourth-order valence-corrected chi connectivity index (χ4v) is 2.83. The Morgan fingerprint density at radius 1 is 1.42 bits per heavy atom. The summed E-state index contributed by atoms with van der Waals surface area (Å²) >= 11 is 6.42. The number of carbonyl (C=O) groups excluding carboxylic acids is 1. The van der Waals surface area contributed by atoms with Gasteiger partial charge in [-0.15, -0.1) is 0 Å². The monoisotopic (exact) mass is 389 g/mol. The summed E-state index contributed by atoms with van der Waals surface area (Å²) in [5.74, 6) is -0.691. The largest absolute Gasteiger partial charge is 0.320 e. The van der Waals surface area contributed by atoms with Crippen molar-refractivity contribution in [2.24, 2.45) is 0 Å². The Morgan fingerprint density at radius 3 is 2.58 bits per heavy atom. The van der Waals surface area contributed by atoms with Gasteiger partial charge in [-0.1, -0.05) is 0 Å². The Balaban J connectivity index is 2.24. The van der Waals surface area contributed by atoms with Crippen molar-refractivity contribution in [1.82, 2.24) is 9.78 Å². The van der Waals surface area contributed by atoms with Crippen LogP contribution in [0.2, 0.25) is 0 Å². The second-order valence-electron chi connectivity index (χ2n) is 3.78. The standard InChI is InChI=1S/C12H10Br2FN3O/c1-2-18-6-7(5-16-18)12(19)17-11-9(13)3-8(15)4-10(11)14/h3-6H,2H2,1H3,(H,17,19). The van der Waals surface area contributed by atoms with Gasteiger partial charge in [0.25, 0.3) is 5.91 Å². The molecule has 0 aliphatic carbocycles. The Kier molecular flexibility index (Phi) is 4.36. The van der Waals surface area contributed by atoms with Gasteiger partial charge in [0.2, 0.25) is 0 Å². The van der Waals surface area contributed by atoms with Crippen molar-refractivity contribution in [1.29, 1.82) is 0 Å². The summed E-state index contributed by atoms with van der Waals surface area (Å²) in [4.78, 5) is 12.0. The molecule has 2 rings (SSSR count). The summed E-state index contributed by atoms with van der Waals surface area (Å²) in [5.41, 5.74) is 0.931. The number of anilines is 1. The van der Waals surface area contributed by atoms with Crippen LogP contribution in [0.25, 0.3) is 0 Å². The average Bonchev–Trinajstić information content (AvgIpc) is 2.82. The molecular weight excluding hydrogens is 381 g/mol. The van der Waals surface area contributed by atoms with E-state index in [1.807, 2.05) is 6.92 Å². The first-order chi connectivity index (χ1) is 9.01. The SMILES string of the molecule is CCn1cc(C(=O)Nc2c(Br)cc(F)cc2Br)cn1. The predicted octanol–water partition coefficient (Wildman–Crippen LogP) is 3.82. The van der Waals surface area contributed by atoms with Crippen LogP contribution in [0, 0.1) is 5.82 Å². The van der Waals surface area contributed by atoms with Crippen LogP contribution in [0.5, 0.6) is 0 Å². The molecule has 100 valence electrons. The van der Waals surface area contributed by atoms with E-state index in [1.54, 1.807) is 10.9 Å². The second kappa shape index (κ2) is 5.83. The van der Waals surface area contributed by atoms with Gasteiger partial charge in [0, 0.05) is 21.7 Å². The molecule has 4 nitrogen and oxygen atoms in total. The molecule has 0 radical (unpaired) electrons. The Morgan fingerprint density at radius 2 is 2.05 bits per heavy atom. The smallest absolute Gasteiger partial charge is 0.258 e. The number of hydrogen-bond acceptors (Lipinski definition) is 2. The summed E-state index contributed by atoms with van der Waals surface area (Å²) in [5, 5.41) is 6.74. The molecule has 0 saturated carbocycles. The van der Waals surface area contributed by atoms with Crippen LogP contribution >= 0.6 is 31.9 Å². The molecule has 0 atom stereocenters. The zero-order valence-electron chi connectivity index (χ0n) is 9.95. The first kappa shape index (κ1) is 14.2. The van der Waals surface area contributed by atoms with E-state index in [0.717, 1.165) is 0 Å². The highest BCUT2D eigenvalue weighted by atomic mass is 79.9. The number of aryl methyl sites for hydroxylation is 1. The van der Waals surface area contributed by atoms with Crippen LogP contribution in [0.3, 0.4) is 0 Å². The summed E-state index contributed by atoms with van der Waals surface area (Å²) in [6, 6.07) is 2.58. The summed E-state index contributed by atoms with van der Waals surface area (Å²) in [6.07, 6.45) is 3.14. The van der Waals surface area contributed by atoms with E-state index in [-0.39, 0.29) is 5.91 Å². The van der Waals surface area contributed by atoms with Gasteiger partial charge in [0.1, 0.15) is 5.82 Å². The minimum absolute atomic E-state index is 0.298. The topological polar surface area (TPSA) is 46.9 Å². The average molecular weight is 391 g/mol. The van der Waals surface area contributed by atoms with Gasteiger partial charge in [0.15, 0.2) is 0 Å². The molecular formula is C12H10Br2FN3O. The van der Waals surface area contributed by atoms with Gasteiger partial charge in [-0.3, -0.25) is 9.48 Å². The molecule has 0 saturated heterocycles. The van der Waals surface area contributed by atoms with Crippen molar-refractivity contribution in [3.8, 4) is 0 Å². The molecule has 0 unspecified atom stereocenters. The molecule has 1 N–H and O–H groups in total. The third-order valence-electron chi connectivity index (χ3n) is 2.46. The number of halogens is 3. The number of benzene rings is 1. The van der Waals surface area contributed by atoms with E-state index in [2.05, 4.69) is 42.3 Å². The number of carbonyl (C=O) groups is 1. The number of nitrogens with one attached hydrogen (secondary N) is 1. The van der Waals surface area contributed by atoms with Crippen LogP contribution in [-0.4, -0.2) is 15.7 Å². The van der Waals surface area contributed by atoms with Gasteiger partial charge in [-0.05, 0) is 50.9 Å². The van der Waals surface area contributed by atoms with Gasteiger partial charge >= 0.3 is 0 Å². The van der Waals surface area contributed by atoms with E-state index in [1.165, 1.54) is 18.3 Å². The number of aromatic nitrogens is 2. The second-order valence-corrected chi connectivity index (χ2v) is 5.49. The molecule has 2 aromatic rings. The van der Waals surface area contributed by atoms with Crippen molar-refractivity contribution >= 4 is 43.5 Å². The molecule has 0 aliphatic heterocycles. The maximum atomic E-state index is 13.1. The number of rotatable bonds is 3. The third kappa shape index (κ3) is 3.22. The molecule has 1 aromatic carbocycles. The van der Waals surface area contributed by atoms with Gasteiger partial charge in [-0.2, -0.15) is 5.10 Å². The van der Waals surface area contributed by atoms with Crippen LogP contribution in [0.4, 0.5) is 10.1 Å². The molecule has 1 amide bonds. The van der Waals surface area contributed by atoms with E-state index in [9.17, 15) is 9.18 Å². The molecule has 1 aromatic heterocycles. The lowest BCUT2D eigenvalue weighted by Gasteiger charge is -2.08. The van der Waals surface area contributed by atoms with Crippen molar-refractivity contribution in [2.45, 2.75) is 13.5 Å². The van der Waals surface area contributed by atoms with E-state index in [4.69, 9.17) is 0 Å². The molecule has 0 spiro atoms. The van der Waals surface area contributed by atoms with Crippen LogP contribution in [0.1, 0.15) is 17.3 Å². The summed E-state index contributed by atoms with van der Waals surface area (Å²) in [7, 11) is 0. The highest BCUT2D eigenvalue weighted by molar-refractivity contribution is 9.11. The van der Waals surface area contributed by atoms with Crippen LogP contribution in [-0.2, 0) is 6.54 Å². The maximum absolute atomic E-state index is 13.1. The first-order valence-corrected chi connectivity index (χ1v) is 7.08. The first-order valence-electron chi connectivity index (χ1n) is 5.49. The minimum atomic E-state index is -0.393. The van der Waals surface area contributed by atoms with Gasteiger partial charge < -0.3 is 5.32 Å². The molecule has 0 fully saturated rings. The van der Waals surface area contributed by atoms with E-state index in [0.29, 0.717) is 26.7 Å². The fourth-order valence-electron chi connectivity index (χ4n) is 1.50. The number of hydrogen-bond donors (Lipinski definition) is 1. The Labute approximate surface area is 126 Å². The van der Waals surface area contributed by atoms with E-state index < -0.39 is 5.82 Å². The Bertz CT molecular complexity index is 604. The van der Waals surface area contributed by atoms with Crippen molar-refractivity contribution in [2.75, 3.05) is 5.32 Å². The van der Waals surface area contributed by atoms with Gasteiger partial charge in [-0.25, -0.2) is 4.39 Å². The van der Waals surface area contributed by atoms with Crippen molar-refractivity contribution in [3.63, 3.8) is 0 Å². The number of nitrogens with zero attached hydrogens (tertiary/aromatic N) is 2. The molecule has 19 heavy (non-hydrogen) atoms. The highest BCUT2D eigenvalue weighted by Crippen LogP contribution is 2.32. The quantitative estimate of drug-likeness (QED) is 0.865. The van der Waals surface area contributed by atoms with Crippen LogP contribution in [0.15, 0.2) is 33.5 Å².